The largest absolute Gasteiger partial charge is 0.494 e. The van der Waals surface area contributed by atoms with Gasteiger partial charge in [0.05, 0.1) is 19.7 Å². The fourth-order valence-electron chi connectivity index (χ4n) is 4.60. The van der Waals surface area contributed by atoms with E-state index < -0.39 is 11.2 Å². The van der Waals surface area contributed by atoms with E-state index in [4.69, 9.17) is 14.2 Å². The number of rotatable bonds is 9. The average Bonchev–Trinajstić information content (AvgIpc) is 3.28. The zero-order chi connectivity index (χ0) is 24.2. The van der Waals surface area contributed by atoms with Gasteiger partial charge >= 0.3 is 5.69 Å². The first kappa shape index (κ1) is 23.9. The highest BCUT2D eigenvalue weighted by atomic mass is 16.7. The predicted molar refractivity (Wildman–Crippen MR) is 128 cm³/mol. The molecule has 1 atom stereocenters. The smallest absolute Gasteiger partial charge is 0.331 e. The lowest BCUT2D eigenvalue weighted by Gasteiger charge is -2.35. The molecule has 0 saturated heterocycles. The van der Waals surface area contributed by atoms with Gasteiger partial charge in [-0.25, -0.2) is 4.79 Å². The molecular weight excluding hydrogens is 440 g/mol. The summed E-state index contributed by atoms with van der Waals surface area (Å²) in [5.74, 6) is 1.56. The first-order valence-corrected chi connectivity index (χ1v) is 11.7. The van der Waals surface area contributed by atoms with E-state index >= 15 is 0 Å². The highest BCUT2D eigenvalue weighted by molar-refractivity contribution is 5.81. The second-order valence-electron chi connectivity index (χ2n) is 8.67. The van der Waals surface area contributed by atoms with Crippen molar-refractivity contribution in [2.75, 3.05) is 34.0 Å². The average molecular weight is 473 g/mol. The SMILES string of the molecule is CCCCCCn1c(O)c(C=NC[C@@H]2c3c(cc4c(c3OC)OCO4)CCN2C)c(=O)[nH]c1=O. The first-order valence-electron chi connectivity index (χ1n) is 11.7. The molecule has 0 fully saturated rings. The summed E-state index contributed by atoms with van der Waals surface area (Å²) >= 11 is 0. The van der Waals surface area contributed by atoms with Crippen molar-refractivity contribution in [2.24, 2.45) is 4.99 Å². The summed E-state index contributed by atoms with van der Waals surface area (Å²) in [6.07, 6.45) is 5.98. The topological polar surface area (TPSA) is 118 Å². The lowest BCUT2D eigenvalue weighted by Crippen LogP contribution is -2.34. The Hall–Kier alpha value is -3.27. The molecule has 2 aliphatic heterocycles. The highest BCUT2D eigenvalue weighted by Crippen LogP contribution is 2.49. The predicted octanol–water partition coefficient (Wildman–Crippen LogP) is 2.21. The molecule has 34 heavy (non-hydrogen) atoms. The van der Waals surface area contributed by atoms with Gasteiger partial charge in [-0.15, -0.1) is 0 Å². The number of likely N-dealkylation sites (N-methyl/N-ethyl adjacent to an activating group) is 1. The second kappa shape index (κ2) is 10.3. The summed E-state index contributed by atoms with van der Waals surface area (Å²) < 4.78 is 18.1. The Morgan fingerprint density at radius 2 is 2.12 bits per heavy atom. The number of fused-ring (bicyclic) bond motifs is 2. The summed E-state index contributed by atoms with van der Waals surface area (Å²) in [5, 5.41) is 10.6. The van der Waals surface area contributed by atoms with Gasteiger partial charge < -0.3 is 19.3 Å². The Balaban J connectivity index is 1.60. The number of methoxy groups -OCH3 is 1. The number of unbranched alkanes of at least 4 members (excludes halogenated alkanes) is 3. The van der Waals surface area contributed by atoms with Gasteiger partial charge in [0.15, 0.2) is 11.5 Å². The fraction of sp³-hybridized carbons (Fsp3) is 0.542. The molecule has 10 nitrogen and oxygen atoms in total. The highest BCUT2D eigenvalue weighted by Gasteiger charge is 2.33. The minimum atomic E-state index is -0.658. The Kier molecular flexibility index (Phi) is 7.26. The molecule has 1 aromatic carbocycles. The van der Waals surface area contributed by atoms with Gasteiger partial charge in [0.25, 0.3) is 5.56 Å². The van der Waals surface area contributed by atoms with Gasteiger partial charge in [-0.05, 0) is 31.5 Å². The van der Waals surface area contributed by atoms with Gasteiger partial charge in [-0.2, -0.15) is 0 Å². The van der Waals surface area contributed by atoms with Crippen LogP contribution in [0.15, 0.2) is 20.6 Å². The minimum Gasteiger partial charge on any atom is -0.494 e. The standard InChI is InChI=1S/C24H32N4O6/c1-4-5-6-7-9-28-23(30)16(22(29)26-24(28)31)12-25-13-17-19-15(8-10-27(17)2)11-18-20(21(19)32-3)34-14-33-18/h11-12,17,30H,4-10,13-14H2,1-3H3,(H,26,29,31)/t17-/m1/s1. The number of hydrogen-bond acceptors (Lipinski definition) is 8. The molecule has 0 unspecified atom stereocenters. The minimum absolute atomic E-state index is 0.0218. The third kappa shape index (κ3) is 4.54. The van der Waals surface area contributed by atoms with Crippen molar-refractivity contribution in [3.63, 3.8) is 0 Å². The maximum Gasteiger partial charge on any atom is 0.331 e. The van der Waals surface area contributed by atoms with E-state index in [1.807, 2.05) is 13.1 Å². The van der Waals surface area contributed by atoms with E-state index in [0.717, 1.165) is 49.8 Å². The van der Waals surface area contributed by atoms with Crippen molar-refractivity contribution in [1.29, 1.82) is 0 Å². The van der Waals surface area contributed by atoms with Crippen LogP contribution in [0.3, 0.4) is 0 Å². The Labute approximate surface area is 197 Å². The molecule has 0 aliphatic carbocycles. The summed E-state index contributed by atoms with van der Waals surface area (Å²) in [4.78, 5) is 33.5. The molecule has 3 heterocycles. The number of aromatic hydroxyl groups is 1. The van der Waals surface area contributed by atoms with Crippen molar-refractivity contribution in [2.45, 2.75) is 51.6 Å². The van der Waals surface area contributed by atoms with Gasteiger partial charge in [-0.1, -0.05) is 26.2 Å². The number of aliphatic imine (C=N–C) groups is 1. The molecule has 2 aliphatic rings. The van der Waals surface area contributed by atoms with Crippen molar-refractivity contribution in [1.82, 2.24) is 14.5 Å². The van der Waals surface area contributed by atoms with Crippen LogP contribution in [0.25, 0.3) is 0 Å². The van der Waals surface area contributed by atoms with E-state index in [1.54, 1.807) is 7.11 Å². The fourth-order valence-corrected chi connectivity index (χ4v) is 4.60. The second-order valence-corrected chi connectivity index (χ2v) is 8.67. The van der Waals surface area contributed by atoms with Crippen LogP contribution >= 0.6 is 0 Å². The first-order chi connectivity index (χ1) is 16.5. The third-order valence-corrected chi connectivity index (χ3v) is 6.49. The van der Waals surface area contributed by atoms with Crippen LogP contribution in [-0.4, -0.2) is 59.8 Å². The molecule has 0 amide bonds. The molecule has 184 valence electrons. The number of nitrogens with zero attached hydrogens (tertiary/aromatic N) is 3. The number of aromatic nitrogens is 2. The maximum atomic E-state index is 12.4. The van der Waals surface area contributed by atoms with Gasteiger partial charge in [-0.3, -0.25) is 24.2 Å². The van der Waals surface area contributed by atoms with Crippen LogP contribution in [0.2, 0.25) is 0 Å². The lowest BCUT2D eigenvalue weighted by atomic mass is 9.91. The van der Waals surface area contributed by atoms with E-state index in [0.29, 0.717) is 30.3 Å². The van der Waals surface area contributed by atoms with Crippen molar-refractivity contribution >= 4 is 6.21 Å². The van der Waals surface area contributed by atoms with Crippen LogP contribution in [0.1, 0.15) is 55.3 Å². The number of hydrogen-bond donors (Lipinski definition) is 2. The number of nitrogens with one attached hydrogen (secondary N) is 1. The normalized spacial score (nSPS) is 17.3. The number of H-pyrrole nitrogens is 1. The lowest BCUT2D eigenvalue weighted by molar-refractivity contribution is 0.170. The summed E-state index contributed by atoms with van der Waals surface area (Å²) in [7, 11) is 3.61. The Morgan fingerprint density at radius 1 is 1.29 bits per heavy atom. The van der Waals surface area contributed by atoms with Crippen LogP contribution in [0.4, 0.5) is 0 Å². The zero-order valence-electron chi connectivity index (χ0n) is 19.9. The molecule has 0 spiro atoms. The van der Waals surface area contributed by atoms with Crippen LogP contribution in [-0.2, 0) is 13.0 Å². The van der Waals surface area contributed by atoms with Crippen molar-refractivity contribution in [3.8, 4) is 23.1 Å². The molecule has 4 rings (SSSR count). The molecule has 1 aromatic heterocycles. The van der Waals surface area contributed by atoms with E-state index in [9.17, 15) is 14.7 Å². The monoisotopic (exact) mass is 472 g/mol. The van der Waals surface area contributed by atoms with Crippen molar-refractivity contribution in [3.05, 3.63) is 43.6 Å². The number of aromatic amines is 1. The number of benzene rings is 1. The Morgan fingerprint density at radius 3 is 2.88 bits per heavy atom. The molecule has 0 radical (unpaired) electrons. The van der Waals surface area contributed by atoms with Crippen LogP contribution < -0.4 is 25.5 Å². The molecular formula is C24H32N4O6. The molecule has 10 heteroatoms. The number of ether oxygens (including phenoxy) is 3. The van der Waals surface area contributed by atoms with Crippen molar-refractivity contribution < 1.29 is 19.3 Å². The van der Waals surface area contributed by atoms with Gasteiger partial charge in [0.1, 0.15) is 5.56 Å². The summed E-state index contributed by atoms with van der Waals surface area (Å²) in [5.41, 5.74) is 0.802. The maximum absolute atomic E-state index is 12.4. The molecule has 2 N–H and O–H groups in total. The summed E-state index contributed by atoms with van der Waals surface area (Å²) in [6.45, 7) is 3.75. The molecule has 0 saturated carbocycles. The zero-order valence-corrected chi connectivity index (χ0v) is 19.9. The van der Waals surface area contributed by atoms with E-state index in [-0.39, 0.29) is 24.3 Å². The van der Waals surface area contributed by atoms with Crippen LogP contribution in [0.5, 0.6) is 23.1 Å². The third-order valence-electron chi connectivity index (χ3n) is 6.49. The quantitative estimate of drug-likeness (QED) is 0.424. The van der Waals surface area contributed by atoms with E-state index in [1.165, 1.54) is 10.8 Å². The van der Waals surface area contributed by atoms with Gasteiger partial charge in [0, 0.05) is 24.9 Å². The van der Waals surface area contributed by atoms with Gasteiger partial charge in [0.2, 0.25) is 18.4 Å². The van der Waals surface area contributed by atoms with E-state index in [2.05, 4.69) is 21.8 Å². The van der Waals surface area contributed by atoms with Crippen LogP contribution in [0, 0.1) is 0 Å². The Bertz CT molecular complexity index is 1190. The molecule has 0 bridgehead atoms. The summed E-state index contributed by atoms with van der Waals surface area (Å²) in [6, 6.07) is 1.88. The molecule has 2 aromatic rings.